The molecular weight excluding hydrogens is 418 g/mol. The van der Waals surface area contributed by atoms with Crippen molar-refractivity contribution in [2.75, 3.05) is 13.2 Å². The van der Waals surface area contributed by atoms with E-state index in [4.69, 9.17) is 11.5 Å². The van der Waals surface area contributed by atoms with Crippen LogP contribution in [0.1, 0.15) is 59.8 Å². The quantitative estimate of drug-likeness (QED) is 0.144. The molecule has 0 radical (unpaired) electrons. The third kappa shape index (κ3) is 10.9. The third-order valence-electron chi connectivity index (χ3n) is 5.23. The summed E-state index contributed by atoms with van der Waals surface area (Å²) >= 11 is 0. The summed E-state index contributed by atoms with van der Waals surface area (Å²) in [5, 5.41) is 26.4. The lowest BCUT2D eigenvalue weighted by atomic mass is 9.98. The molecule has 0 saturated heterocycles. The fourth-order valence-electron chi connectivity index (χ4n) is 3.06. The predicted octanol–water partition coefficient (Wildman–Crippen LogP) is -0.934. The van der Waals surface area contributed by atoms with Crippen LogP contribution in [0.4, 0.5) is 0 Å². The van der Waals surface area contributed by atoms with Gasteiger partial charge in [-0.3, -0.25) is 14.4 Å². The average molecular weight is 460 g/mol. The van der Waals surface area contributed by atoms with E-state index in [-0.39, 0.29) is 18.3 Å². The van der Waals surface area contributed by atoms with E-state index in [2.05, 4.69) is 16.0 Å². The van der Waals surface area contributed by atoms with E-state index in [1.807, 2.05) is 20.8 Å². The molecule has 0 aromatic carbocycles. The second-order valence-electron chi connectivity index (χ2n) is 8.54. The minimum absolute atomic E-state index is 0.167. The molecule has 32 heavy (non-hydrogen) atoms. The van der Waals surface area contributed by atoms with E-state index in [0.717, 1.165) is 0 Å². The van der Waals surface area contributed by atoms with E-state index < -0.39 is 54.5 Å². The number of carbonyl (C=O) groups is 4. The number of unbranched alkanes of at least 4 members (excludes halogenated alkanes) is 1. The van der Waals surface area contributed by atoms with Crippen LogP contribution in [0.15, 0.2) is 0 Å². The number of carboxylic acid groups (broad SMARTS) is 1. The number of aliphatic carboxylic acids is 1. The molecule has 0 aliphatic carbocycles. The number of nitrogens with two attached hydrogens (primary N) is 2. The van der Waals surface area contributed by atoms with Gasteiger partial charge in [-0.05, 0) is 44.1 Å². The Morgan fingerprint density at radius 2 is 1.47 bits per heavy atom. The van der Waals surface area contributed by atoms with Crippen molar-refractivity contribution in [2.24, 2.45) is 23.3 Å². The largest absolute Gasteiger partial charge is 0.480 e. The van der Waals surface area contributed by atoms with Crippen molar-refractivity contribution in [3.63, 3.8) is 0 Å². The predicted molar refractivity (Wildman–Crippen MR) is 120 cm³/mol. The standard InChI is InChI=1S/C21H41N5O6/c1-5-13(4)17(21(31)32)26-19(29)15(8-6-7-9-22)24-20(30)16(11-27)25-18(28)14(23)10-12(2)3/h12-17,27H,5-11,22-23H2,1-4H3,(H,24,30)(H,25,28)(H,26,29)(H,31,32). The van der Waals surface area contributed by atoms with Gasteiger partial charge in [-0.1, -0.05) is 34.1 Å². The van der Waals surface area contributed by atoms with Gasteiger partial charge in [0.1, 0.15) is 18.1 Å². The smallest absolute Gasteiger partial charge is 0.326 e. The van der Waals surface area contributed by atoms with Crippen LogP contribution in [-0.4, -0.2) is 71.2 Å². The lowest BCUT2D eigenvalue weighted by molar-refractivity contribution is -0.144. The topological polar surface area (TPSA) is 197 Å². The molecular formula is C21H41N5O6. The number of carbonyl (C=O) groups excluding carboxylic acids is 3. The molecule has 3 amide bonds. The van der Waals surface area contributed by atoms with E-state index >= 15 is 0 Å². The van der Waals surface area contributed by atoms with E-state index in [0.29, 0.717) is 32.2 Å². The Balaban J connectivity index is 5.31. The molecule has 0 heterocycles. The number of carboxylic acids is 1. The average Bonchev–Trinajstić information content (AvgIpc) is 2.73. The van der Waals surface area contributed by atoms with Crippen molar-refractivity contribution in [3.8, 4) is 0 Å². The number of aliphatic hydroxyl groups excluding tert-OH is 1. The first kappa shape index (κ1) is 29.8. The Labute approximate surface area is 190 Å². The maximum Gasteiger partial charge on any atom is 0.326 e. The monoisotopic (exact) mass is 459 g/mol. The number of amides is 3. The molecule has 9 N–H and O–H groups in total. The highest BCUT2D eigenvalue weighted by Gasteiger charge is 2.31. The molecule has 0 bridgehead atoms. The van der Waals surface area contributed by atoms with Crippen molar-refractivity contribution in [2.45, 2.75) is 84.0 Å². The number of aliphatic hydroxyl groups is 1. The van der Waals surface area contributed by atoms with Gasteiger partial charge < -0.3 is 37.6 Å². The summed E-state index contributed by atoms with van der Waals surface area (Å²) < 4.78 is 0. The Hall–Kier alpha value is -2.24. The molecule has 0 fully saturated rings. The first-order chi connectivity index (χ1) is 15.0. The molecule has 0 aliphatic heterocycles. The van der Waals surface area contributed by atoms with Crippen LogP contribution in [0.2, 0.25) is 0 Å². The Morgan fingerprint density at radius 3 is 1.94 bits per heavy atom. The van der Waals surface area contributed by atoms with E-state index in [1.54, 1.807) is 6.92 Å². The molecule has 5 unspecified atom stereocenters. The van der Waals surface area contributed by atoms with Gasteiger partial charge in [-0.15, -0.1) is 0 Å². The van der Waals surface area contributed by atoms with Gasteiger partial charge in [0, 0.05) is 0 Å². The van der Waals surface area contributed by atoms with Gasteiger partial charge in [0.15, 0.2) is 0 Å². The lowest BCUT2D eigenvalue weighted by Gasteiger charge is -2.26. The van der Waals surface area contributed by atoms with E-state index in [1.165, 1.54) is 0 Å². The number of hydrogen-bond acceptors (Lipinski definition) is 7. The van der Waals surface area contributed by atoms with Crippen molar-refractivity contribution in [1.29, 1.82) is 0 Å². The summed E-state index contributed by atoms with van der Waals surface area (Å²) in [5.41, 5.74) is 11.3. The van der Waals surface area contributed by atoms with Crippen LogP contribution in [0.3, 0.4) is 0 Å². The summed E-state index contributed by atoms with van der Waals surface area (Å²) in [4.78, 5) is 49.2. The zero-order valence-corrected chi connectivity index (χ0v) is 19.6. The fourth-order valence-corrected chi connectivity index (χ4v) is 3.06. The van der Waals surface area contributed by atoms with Crippen LogP contribution in [-0.2, 0) is 19.2 Å². The van der Waals surface area contributed by atoms with Gasteiger partial charge in [0.2, 0.25) is 17.7 Å². The van der Waals surface area contributed by atoms with Crippen LogP contribution >= 0.6 is 0 Å². The molecule has 11 heteroatoms. The van der Waals surface area contributed by atoms with Crippen molar-refractivity contribution in [3.05, 3.63) is 0 Å². The van der Waals surface area contributed by atoms with Gasteiger partial charge in [-0.2, -0.15) is 0 Å². The maximum atomic E-state index is 12.8. The summed E-state index contributed by atoms with van der Waals surface area (Å²) in [6.45, 7) is 7.03. The van der Waals surface area contributed by atoms with Crippen LogP contribution in [0.5, 0.6) is 0 Å². The molecule has 0 saturated carbocycles. The summed E-state index contributed by atoms with van der Waals surface area (Å²) in [7, 11) is 0. The van der Waals surface area contributed by atoms with Gasteiger partial charge in [0.05, 0.1) is 12.6 Å². The Kier molecular flexibility index (Phi) is 14.5. The summed E-state index contributed by atoms with van der Waals surface area (Å²) in [6, 6.07) is -4.29. The highest BCUT2D eigenvalue weighted by molar-refractivity contribution is 5.94. The molecule has 0 rings (SSSR count). The Morgan fingerprint density at radius 1 is 0.906 bits per heavy atom. The highest BCUT2D eigenvalue weighted by atomic mass is 16.4. The van der Waals surface area contributed by atoms with Gasteiger partial charge >= 0.3 is 5.97 Å². The molecule has 11 nitrogen and oxygen atoms in total. The number of hydrogen-bond donors (Lipinski definition) is 7. The first-order valence-electron chi connectivity index (χ1n) is 11.2. The van der Waals surface area contributed by atoms with E-state index in [9.17, 15) is 29.4 Å². The number of rotatable bonds is 16. The molecule has 0 aromatic heterocycles. The van der Waals surface area contributed by atoms with Gasteiger partial charge in [-0.25, -0.2) is 4.79 Å². The first-order valence-corrected chi connectivity index (χ1v) is 11.2. The van der Waals surface area contributed by atoms with Crippen LogP contribution < -0.4 is 27.4 Å². The molecule has 0 spiro atoms. The lowest BCUT2D eigenvalue weighted by Crippen LogP contribution is -2.58. The van der Waals surface area contributed by atoms with Crippen LogP contribution in [0.25, 0.3) is 0 Å². The highest BCUT2D eigenvalue weighted by Crippen LogP contribution is 2.10. The molecule has 0 aromatic rings. The maximum absolute atomic E-state index is 12.8. The fraction of sp³-hybridized carbons (Fsp3) is 0.810. The Bertz CT molecular complexity index is 615. The SMILES string of the molecule is CCC(C)C(NC(=O)C(CCCCN)NC(=O)C(CO)NC(=O)C(N)CC(C)C)C(=O)O. The minimum Gasteiger partial charge on any atom is -0.480 e. The molecule has 5 atom stereocenters. The second-order valence-corrected chi connectivity index (χ2v) is 8.54. The van der Waals surface area contributed by atoms with Crippen molar-refractivity contribution < 1.29 is 29.4 Å². The summed E-state index contributed by atoms with van der Waals surface area (Å²) in [5.74, 6) is -3.31. The van der Waals surface area contributed by atoms with Gasteiger partial charge in [0.25, 0.3) is 0 Å². The van der Waals surface area contributed by atoms with Crippen molar-refractivity contribution in [1.82, 2.24) is 16.0 Å². The second kappa shape index (κ2) is 15.5. The molecule has 0 aliphatic rings. The normalized spacial score (nSPS) is 15.9. The zero-order chi connectivity index (χ0) is 24.8. The minimum atomic E-state index is -1.30. The third-order valence-corrected chi connectivity index (χ3v) is 5.23. The van der Waals surface area contributed by atoms with Crippen molar-refractivity contribution >= 4 is 23.7 Å². The van der Waals surface area contributed by atoms with Crippen LogP contribution in [0, 0.1) is 11.8 Å². The molecule has 186 valence electrons. The zero-order valence-electron chi connectivity index (χ0n) is 19.6. The number of nitrogens with one attached hydrogen (secondary N) is 3. The summed E-state index contributed by atoms with van der Waals surface area (Å²) in [6.07, 6.45) is 2.29.